The van der Waals surface area contributed by atoms with Crippen LogP contribution >= 0.6 is 0 Å². The second-order valence-corrected chi connectivity index (χ2v) is 5.09. The lowest BCUT2D eigenvalue weighted by Crippen LogP contribution is -2.26. The van der Waals surface area contributed by atoms with Crippen molar-refractivity contribution in [2.75, 3.05) is 0 Å². The molecular formula is C16H18N4O. The molecule has 0 bridgehead atoms. The first-order valence-corrected chi connectivity index (χ1v) is 6.98. The van der Waals surface area contributed by atoms with Crippen LogP contribution in [-0.2, 0) is 26.6 Å². The standard InChI is InChI=1S/C16H18N4O/c1-19-9-7-18-15(19)6-8-20-14-5-3-2-4-12(14)10-13(11-17)16(20)21/h2-5,7,9-10H,6,8,11,17H2,1H3. The van der Waals surface area contributed by atoms with Crippen molar-refractivity contribution in [3.05, 3.63) is 64.5 Å². The zero-order valence-corrected chi connectivity index (χ0v) is 12.0. The summed E-state index contributed by atoms with van der Waals surface area (Å²) in [6.07, 6.45) is 4.39. The molecule has 0 aliphatic rings. The van der Waals surface area contributed by atoms with Gasteiger partial charge < -0.3 is 14.9 Å². The van der Waals surface area contributed by atoms with Gasteiger partial charge in [0.2, 0.25) is 0 Å². The summed E-state index contributed by atoms with van der Waals surface area (Å²) >= 11 is 0. The summed E-state index contributed by atoms with van der Waals surface area (Å²) in [7, 11) is 1.96. The third kappa shape index (κ3) is 2.48. The molecule has 2 aromatic heterocycles. The van der Waals surface area contributed by atoms with Crippen LogP contribution in [0.5, 0.6) is 0 Å². The van der Waals surface area contributed by atoms with E-state index >= 15 is 0 Å². The van der Waals surface area contributed by atoms with E-state index in [0.29, 0.717) is 18.5 Å². The highest BCUT2D eigenvalue weighted by atomic mass is 16.1. The van der Waals surface area contributed by atoms with E-state index in [1.54, 1.807) is 10.8 Å². The van der Waals surface area contributed by atoms with Crippen molar-refractivity contribution in [2.24, 2.45) is 12.8 Å². The van der Waals surface area contributed by atoms with Crippen LogP contribution < -0.4 is 11.3 Å². The Kier molecular flexibility index (Phi) is 3.58. The highest BCUT2D eigenvalue weighted by Gasteiger charge is 2.09. The Balaban J connectivity index is 2.06. The molecule has 0 spiro atoms. The van der Waals surface area contributed by atoms with E-state index in [0.717, 1.165) is 16.7 Å². The van der Waals surface area contributed by atoms with Gasteiger partial charge in [-0.15, -0.1) is 0 Å². The second kappa shape index (κ2) is 5.54. The monoisotopic (exact) mass is 282 g/mol. The normalized spacial score (nSPS) is 11.1. The summed E-state index contributed by atoms with van der Waals surface area (Å²) in [6.45, 7) is 0.851. The van der Waals surface area contributed by atoms with E-state index in [9.17, 15) is 4.79 Å². The van der Waals surface area contributed by atoms with E-state index < -0.39 is 0 Å². The largest absolute Gasteiger partial charge is 0.338 e. The topological polar surface area (TPSA) is 65.8 Å². The van der Waals surface area contributed by atoms with E-state index in [1.807, 2.05) is 48.1 Å². The molecule has 108 valence electrons. The summed E-state index contributed by atoms with van der Waals surface area (Å²) in [5, 5.41) is 1.04. The maximum absolute atomic E-state index is 12.5. The molecule has 0 saturated heterocycles. The minimum atomic E-state index is -0.00888. The average molecular weight is 282 g/mol. The molecule has 5 heteroatoms. The number of aryl methyl sites for hydroxylation is 3. The van der Waals surface area contributed by atoms with Crippen LogP contribution in [0.4, 0.5) is 0 Å². The van der Waals surface area contributed by atoms with E-state index in [-0.39, 0.29) is 12.1 Å². The van der Waals surface area contributed by atoms with Gasteiger partial charge in [-0.3, -0.25) is 4.79 Å². The van der Waals surface area contributed by atoms with Gasteiger partial charge >= 0.3 is 0 Å². The van der Waals surface area contributed by atoms with Gasteiger partial charge in [0.1, 0.15) is 5.82 Å². The summed E-state index contributed by atoms with van der Waals surface area (Å²) in [5.74, 6) is 0.962. The van der Waals surface area contributed by atoms with Crippen molar-refractivity contribution in [2.45, 2.75) is 19.5 Å². The van der Waals surface area contributed by atoms with Crippen LogP contribution in [0.25, 0.3) is 10.9 Å². The molecule has 0 radical (unpaired) electrons. The minimum absolute atomic E-state index is 0.00888. The lowest BCUT2D eigenvalue weighted by Gasteiger charge is -2.12. The summed E-state index contributed by atoms with van der Waals surface area (Å²) in [4.78, 5) is 16.8. The van der Waals surface area contributed by atoms with Gasteiger partial charge in [-0.05, 0) is 17.5 Å². The van der Waals surface area contributed by atoms with Gasteiger partial charge in [0.25, 0.3) is 5.56 Å². The smallest absolute Gasteiger partial charge is 0.255 e. The zero-order chi connectivity index (χ0) is 14.8. The molecule has 5 nitrogen and oxygen atoms in total. The summed E-state index contributed by atoms with van der Waals surface area (Å²) in [6, 6.07) is 9.77. The van der Waals surface area contributed by atoms with Crippen molar-refractivity contribution in [3.63, 3.8) is 0 Å². The quantitative estimate of drug-likeness (QED) is 0.787. The number of benzene rings is 1. The predicted molar refractivity (Wildman–Crippen MR) is 83.0 cm³/mol. The highest BCUT2D eigenvalue weighted by molar-refractivity contribution is 5.79. The molecule has 21 heavy (non-hydrogen) atoms. The van der Waals surface area contributed by atoms with Gasteiger partial charge in [-0.25, -0.2) is 4.98 Å². The number of hydrogen-bond acceptors (Lipinski definition) is 3. The lowest BCUT2D eigenvalue weighted by molar-refractivity contribution is 0.645. The number of hydrogen-bond donors (Lipinski definition) is 1. The number of rotatable bonds is 4. The number of nitrogens with zero attached hydrogens (tertiary/aromatic N) is 3. The van der Waals surface area contributed by atoms with Crippen molar-refractivity contribution >= 4 is 10.9 Å². The molecule has 0 atom stereocenters. The zero-order valence-electron chi connectivity index (χ0n) is 12.0. The predicted octanol–water partition coefficient (Wildman–Crippen LogP) is 1.44. The van der Waals surface area contributed by atoms with Gasteiger partial charge in [0.15, 0.2) is 0 Å². The Morgan fingerprint density at radius 1 is 1.29 bits per heavy atom. The average Bonchev–Trinajstić information content (AvgIpc) is 2.91. The van der Waals surface area contributed by atoms with Crippen LogP contribution in [0.2, 0.25) is 0 Å². The first kappa shape index (κ1) is 13.6. The fourth-order valence-corrected chi connectivity index (χ4v) is 2.61. The molecule has 0 amide bonds. The second-order valence-electron chi connectivity index (χ2n) is 5.09. The van der Waals surface area contributed by atoms with E-state index in [4.69, 9.17) is 5.73 Å². The number of aromatic nitrogens is 3. The van der Waals surface area contributed by atoms with Crippen LogP contribution in [0.15, 0.2) is 47.5 Å². The molecule has 0 unspecified atom stereocenters. The maximum atomic E-state index is 12.5. The summed E-state index contributed by atoms with van der Waals surface area (Å²) in [5.41, 5.74) is 7.27. The van der Waals surface area contributed by atoms with Gasteiger partial charge in [-0.2, -0.15) is 0 Å². The molecule has 0 fully saturated rings. The van der Waals surface area contributed by atoms with Gasteiger partial charge in [0, 0.05) is 44.5 Å². The molecule has 3 aromatic rings. The van der Waals surface area contributed by atoms with Crippen LogP contribution in [0.3, 0.4) is 0 Å². The summed E-state index contributed by atoms with van der Waals surface area (Å²) < 4.78 is 3.77. The fraction of sp³-hybridized carbons (Fsp3) is 0.250. The Labute approximate surface area is 122 Å². The lowest BCUT2D eigenvalue weighted by atomic mass is 10.1. The third-order valence-corrected chi connectivity index (χ3v) is 3.78. The number of imidazole rings is 1. The Morgan fingerprint density at radius 2 is 2.10 bits per heavy atom. The van der Waals surface area contributed by atoms with Crippen molar-refractivity contribution in [1.82, 2.24) is 14.1 Å². The van der Waals surface area contributed by atoms with Gasteiger partial charge in [0.05, 0.1) is 5.52 Å². The van der Waals surface area contributed by atoms with Crippen LogP contribution in [-0.4, -0.2) is 14.1 Å². The highest BCUT2D eigenvalue weighted by Crippen LogP contribution is 2.13. The SMILES string of the molecule is Cn1ccnc1CCn1c(=O)c(CN)cc2ccccc21. The van der Waals surface area contributed by atoms with Gasteiger partial charge in [-0.1, -0.05) is 18.2 Å². The van der Waals surface area contributed by atoms with E-state index in [1.165, 1.54) is 0 Å². The Morgan fingerprint density at radius 3 is 2.81 bits per heavy atom. The number of para-hydroxylation sites is 1. The first-order valence-electron chi connectivity index (χ1n) is 6.98. The molecule has 0 aliphatic heterocycles. The number of pyridine rings is 1. The number of fused-ring (bicyclic) bond motifs is 1. The molecule has 3 rings (SSSR count). The molecule has 1 aromatic carbocycles. The molecule has 0 saturated carbocycles. The fourth-order valence-electron chi connectivity index (χ4n) is 2.61. The number of nitrogens with two attached hydrogens (primary N) is 1. The van der Waals surface area contributed by atoms with E-state index in [2.05, 4.69) is 4.98 Å². The van der Waals surface area contributed by atoms with Crippen LogP contribution in [0, 0.1) is 0 Å². The Bertz CT molecular complexity index is 832. The maximum Gasteiger partial charge on any atom is 0.255 e. The molecule has 2 N–H and O–H groups in total. The van der Waals surface area contributed by atoms with Crippen molar-refractivity contribution < 1.29 is 0 Å². The molecule has 2 heterocycles. The molecule has 0 aliphatic carbocycles. The third-order valence-electron chi connectivity index (χ3n) is 3.78. The first-order chi connectivity index (χ1) is 10.2. The Hall–Kier alpha value is -2.40. The van der Waals surface area contributed by atoms with Crippen molar-refractivity contribution in [1.29, 1.82) is 0 Å². The van der Waals surface area contributed by atoms with Crippen molar-refractivity contribution in [3.8, 4) is 0 Å². The molecular weight excluding hydrogens is 264 g/mol. The van der Waals surface area contributed by atoms with Crippen LogP contribution in [0.1, 0.15) is 11.4 Å². The minimum Gasteiger partial charge on any atom is -0.338 e.